The molecule has 0 aliphatic heterocycles. The van der Waals surface area contributed by atoms with Gasteiger partial charge >= 0.3 is 6.01 Å². The summed E-state index contributed by atoms with van der Waals surface area (Å²) in [6, 6.07) is 0.636. The molecule has 1 heterocycles. The monoisotopic (exact) mass is 258 g/mol. The number of hydrogen-bond acceptors (Lipinski definition) is 5. The quantitative estimate of drug-likeness (QED) is 0.785. The Morgan fingerprint density at radius 3 is 2.47 bits per heavy atom. The third-order valence-corrected chi connectivity index (χ3v) is 2.74. The highest BCUT2D eigenvalue weighted by Crippen LogP contribution is 2.18. The van der Waals surface area contributed by atoms with E-state index in [9.17, 15) is 0 Å². The van der Waals surface area contributed by atoms with Crippen molar-refractivity contribution < 1.29 is 4.74 Å². The van der Waals surface area contributed by atoms with E-state index < -0.39 is 0 Å². The molecular formula is C11H19ClN4O. The number of aromatic nitrogens is 3. The van der Waals surface area contributed by atoms with Gasteiger partial charge < -0.3 is 9.64 Å². The molecule has 5 nitrogen and oxygen atoms in total. The van der Waals surface area contributed by atoms with Crippen LogP contribution < -0.4 is 9.64 Å². The molecular weight excluding hydrogens is 240 g/mol. The van der Waals surface area contributed by atoms with Crippen molar-refractivity contribution in [1.29, 1.82) is 0 Å². The van der Waals surface area contributed by atoms with Crippen LogP contribution >= 0.6 is 11.6 Å². The van der Waals surface area contributed by atoms with Gasteiger partial charge in [-0.2, -0.15) is 15.0 Å². The number of hydrogen-bond donors (Lipinski definition) is 0. The predicted octanol–water partition coefficient (Wildman–Crippen LogP) is 2.55. The largest absolute Gasteiger partial charge is 0.464 e. The topological polar surface area (TPSA) is 51.1 Å². The smallest absolute Gasteiger partial charge is 0.322 e. The minimum Gasteiger partial charge on any atom is -0.464 e. The molecule has 1 rings (SSSR count). The molecule has 1 aromatic heterocycles. The summed E-state index contributed by atoms with van der Waals surface area (Å²) >= 11 is 5.87. The summed E-state index contributed by atoms with van der Waals surface area (Å²) in [5.41, 5.74) is 0. The molecule has 0 saturated heterocycles. The van der Waals surface area contributed by atoms with E-state index in [1.807, 2.05) is 6.92 Å². The fourth-order valence-corrected chi connectivity index (χ4v) is 1.66. The van der Waals surface area contributed by atoms with Gasteiger partial charge in [-0.3, -0.25) is 0 Å². The van der Waals surface area contributed by atoms with E-state index in [0.29, 0.717) is 18.6 Å². The number of nitrogens with zero attached hydrogens (tertiary/aromatic N) is 4. The highest BCUT2D eigenvalue weighted by molar-refractivity contribution is 6.28. The lowest BCUT2D eigenvalue weighted by atomic mass is 10.2. The second-order valence-corrected chi connectivity index (χ2v) is 4.00. The van der Waals surface area contributed by atoms with Gasteiger partial charge in [0.2, 0.25) is 11.2 Å². The Morgan fingerprint density at radius 1 is 1.24 bits per heavy atom. The van der Waals surface area contributed by atoms with Crippen LogP contribution in [0.15, 0.2) is 0 Å². The van der Waals surface area contributed by atoms with Crippen LogP contribution in [0.4, 0.5) is 5.95 Å². The maximum atomic E-state index is 5.87. The average molecular weight is 259 g/mol. The third kappa shape index (κ3) is 3.70. The maximum absolute atomic E-state index is 5.87. The summed E-state index contributed by atoms with van der Waals surface area (Å²) in [4.78, 5) is 14.4. The lowest BCUT2D eigenvalue weighted by Crippen LogP contribution is -2.34. The Labute approximate surface area is 107 Å². The first kappa shape index (κ1) is 14.0. The molecule has 0 aliphatic rings. The predicted molar refractivity (Wildman–Crippen MR) is 68.8 cm³/mol. The second-order valence-electron chi connectivity index (χ2n) is 3.66. The molecule has 17 heavy (non-hydrogen) atoms. The molecule has 0 bridgehead atoms. The van der Waals surface area contributed by atoms with Crippen molar-refractivity contribution in [3.63, 3.8) is 0 Å². The van der Waals surface area contributed by atoms with Gasteiger partial charge in [-0.25, -0.2) is 0 Å². The summed E-state index contributed by atoms with van der Waals surface area (Å²) in [7, 11) is 0. The van der Waals surface area contributed by atoms with Crippen LogP contribution in [-0.4, -0.2) is 34.1 Å². The second kappa shape index (κ2) is 6.59. The standard InChI is InChI=1S/C11H19ClN4O/c1-5-8(4)16(6-2)10-13-9(12)14-11(15-10)17-7-3/h8H,5-7H2,1-4H3. The highest BCUT2D eigenvalue weighted by atomic mass is 35.5. The van der Waals surface area contributed by atoms with Crippen molar-refractivity contribution in [3.05, 3.63) is 5.28 Å². The molecule has 0 fully saturated rings. The molecule has 0 saturated carbocycles. The molecule has 0 spiro atoms. The Kier molecular flexibility index (Phi) is 5.41. The first-order chi connectivity index (χ1) is 8.12. The summed E-state index contributed by atoms with van der Waals surface area (Å²) in [6.07, 6.45) is 1.01. The van der Waals surface area contributed by atoms with Crippen LogP contribution in [0.5, 0.6) is 6.01 Å². The fraction of sp³-hybridized carbons (Fsp3) is 0.727. The first-order valence-electron chi connectivity index (χ1n) is 5.93. The van der Waals surface area contributed by atoms with Gasteiger partial charge in [-0.05, 0) is 38.8 Å². The van der Waals surface area contributed by atoms with E-state index in [1.54, 1.807) is 0 Å². The number of rotatable bonds is 6. The van der Waals surface area contributed by atoms with Crippen LogP contribution in [0.3, 0.4) is 0 Å². The molecule has 0 amide bonds. The van der Waals surface area contributed by atoms with Gasteiger partial charge in [0.25, 0.3) is 0 Å². The lowest BCUT2D eigenvalue weighted by molar-refractivity contribution is 0.311. The third-order valence-electron chi connectivity index (χ3n) is 2.57. The summed E-state index contributed by atoms with van der Waals surface area (Å²) in [5.74, 6) is 0.574. The molecule has 1 unspecified atom stereocenters. The minimum atomic E-state index is 0.167. The van der Waals surface area contributed by atoms with Crippen LogP contribution in [0, 0.1) is 0 Å². The molecule has 0 aromatic carbocycles. The zero-order chi connectivity index (χ0) is 12.8. The van der Waals surface area contributed by atoms with Gasteiger partial charge in [-0.1, -0.05) is 6.92 Å². The zero-order valence-electron chi connectivity index (χ0n) is 10.8. The Bertz CT molecular complexity index is 361. The van der Waals surface area contributed by atoms with E-state index in [0.717, 1.165) is 13.0 Å². The fourth-order valence-electron chi connectivity index (χ4n) is 1.51. The van der Waals surface area contributed by atoms with Crippen LogP contribution in [0.25, 0.3) is 0 Å². The SMILES string of the molecule is CCOc1nc(Cl)nc(N(CC)C(C)CC)n1. The lowest BCUT2D eigenvalue weighted by Gasteiger charge is -2.27. The van der Waals surface area contributed by atoms with E-state index in [2.05, 4.69) is 40.6 Å². The van der Waals surface area contributed by atoms with Crippen LogP contribution in [0.1, 0.15) is 34.1 Å². The van der Waals surface area contributed by atoms with Crippen molar-refractivity contribution in [2.75, 3.05) is 18.1 Å². The van der Waals surface area contributed by atoms with Crippen molar-refractivity contribution in [1.82, 2.24) is 15.0 Å². The maximum Gasteiger partial charge on any atom is 0.322 e. The summed E-state index contributed by atoms with van der Waals surface area (Å²) in [5, 5.41) is 0.167. The van der Waals surface area contributed by atoms with E-state index in [-0.39, 0.29) is 11.3 Å². The van der Waals surface area contributed by atoms with E-state index >= 15 is 0 Å². The molecule has 6 heteroatoms. The first-order valence-corrected chi connectivity index (χ1v) is 6.31. The molecule has 0 N–H and O–H groups in total. The van der Waals surface area contributed by atoms with Crippen molar-refractivity contribution in [2.45, 2.75) is 40.2 Å². The number of ether oxygens (including phenoxy) is 1. The highest BCUT2D eigenvalue weighted by Gasteiger charge is 2.16. The zero-order valence-corrected chi connectivity index (χ0v) is 11.5. The van der Waals surface area contributed by atoms with Crippen molar-refractivity contribution in [3.8, 4) is 6.01 Å². The van der Waals surface area contributed by atoms with Crippen LogP contribution in [-0.2, 0) is 0 Å². The number of halogens is 1. The van der Waals surface area contributed by atoms with E-state index in [1.165, 1.54) is 0 Å². The van der Waals surface area contributed by atoms with Gasteiger partial charge in [0.05, 0.1) is 6.61 Å². The van der Waals surface area contributed by atoms with Crippen molar-refractivity contribution >= 4 is 17.5 Å². The van der Waals surface area contributed by atoms with Gasteiger partial charge in [0.15, 0.2) is 0 Å². The van der Waals surface area contributed by atoms with Gasteiger partial charge in [-0.15, -0.1) is 0 Å². The molecule has 96 valence electrons. The molecule has 0 aliphatic carbocycles. The Hall–Kier alpha value is -1.10. The molecule has 1 atom stereocenters. The van der Waals surface area contributed by atoms with E-state index in [4.69, 9.17) is 16.3 Å². The van der Waals surface area contributed by atoms with Gasteiger partial charge in [0.1, 0.15) is 0 Å². The summed E-state index contributed by atoms with van der Waals surface area (Å²) < 4.78 is 5.26. The molecule has 0 radical (unpaired) electrons. The Morgan fingerprint density at radius 2 is 1.94 bits per heavy atom. The number of anilines is 1. The van der Waals surface area contributed by atoms with Crippen LogP contribution in [0.2, 0.25) is 5.28 Å². The van der Waals surface area contributed by atoms with Crippen molar-refractivity contribution in [2.24, 2.45) is 0 Å². The molecule has 1 aromatic rings. The average Bonchev–Trinajstić information content (AvgIpc) is 2.29. The van der Waals surface area contributed by atoms with Gasteiger partial charge in [0, 0.05) is 12.6 Å². The Balaban J connectivity index is 3.01. The minimum absolute atomic E-state index is 0.167. The normalized spacial score (nSPS) is 12.3. The summed E-state index contributed by atoms with van der Waals surface area (Å²) in [6.45, 7) is 9.52.